The molecule has 2 aromatic heterocycles. The number of carbonyl (C=O) groups excluding carboxylic acids is 1. The van der Waals surface area contributed by atoms with E-state index in [1.807, 2.05) is 0 Å². The fraction of sp³-hybridized carbons (Fsp3) is 0.500. The van der Waals surface area contributed by atoms with Crippen molar-refractivity contribution in [3.05, 3.63) is 12.7 Å². The Kier molecular flexibility index (Phi) is 4.14. The number of ether oxygens (including phenoxy) is 3. The second kappa shape index (κ2) is 6.07. The van der Waals surface area contributed by atoms with Crippen molar-refractivity contribution in [2.75, 3.05) is 19.5 Å². The molecule has 1 aliphatic rings. The molecular weight excluding hydrogens is 310 g/mol. The summed E-state index contributed by atoms with van der Waals surface area (Å²) in [5.74, 6) is 0.311. The topological polar surface area (TPSA) is 114 Å². The lowest BCUT2D eigenvalue weighted by Gasteiger charge is -2.16. The molecule has 10 heteroatoms. The van der Waals surface area contributed by atoms with Gasteiger partial charge in [0, 0.05) is 13.5 Å². The molecule has 3 heterocycles. The maximum atomic E-state index is 10.8. The van der Waals surface area contributed by atoms with Gasteiger partial charge in [-0.25, -0.2) is 19.7 Å². The summed E-state index contributed by atoms with van der Waals surface area (Å²) in [5, 5.41) is -0.657. The molecule has 0 radical (unpaired) electrons. The first-order valence-corrected chi connectivity index (χ1v) is 7.02. The van der Waals surface area contributed by atoms with E-state index in [0.29, 0.717) is 23.4 Å². The van der Waals surface area contributed by atoms with Crippen LogP contribution in [0.5, 0.6) is 0 Å². The Hall–Kier alpha value is -1.91. The fourth-order valence-corrected chi connectivity index (χ4v) is 2.58. The Morgan fingerprint density at radius 1 is 1.55 bits per heavy atom. The van der Waals surface area contributed by atoms with Crippen LogP contribution in [-0.4, -0.2) is 50.7 Å². The number of aromatic nitrogens is 4. The molecule has 0 aromatic carbocycles. The van der Waals surface area contributed by atoms with Gasteiger partial charge in [0.1, 0.15) is 30.8 Å². The predicted molar refractivity (Wildman–Crippen MR) is 79.4 cm³/mol. The zero-order valence-corrected chi connectivity index (χ0v) is 12.6. The maximum Gasteiger partial charge on any atom is 0.364 e. The van der Waals surface area contributed by atoms with Gasteiger partial charge in [0.15, 0.2) is 11.5 Å². The second-order valence-electron chi connectivity index (χ2n) is 4.80. The quantitative estimate of drug-likeness (QED) is 0.626. The number of nitrogens with zero attached hydrogens (tertiary/aromatic N) is 4. The molecule has 1 fully saturated rings. The number of hydrogen-bond donors (Lipinski definition) is 2. The van der Waals surface area contributed by atoms with E-state index in [1.165, 1.54) is 6.33 Å². The van der Waals surface area contributed by atoms with Gasteiger partial charge in [-0.15, -0.1) is 0 Å². The molecule has 9 nitrogen and oxygen atoms in total. The van der Waals surface area contributed by atoms with Gasteiger partial charge < -0.3 is 19.9 Å². The van der Waals surface area contributed by atoms with Gasteiger partial charge in [-0.2, -0.15) is 0 Å². The fourth-order valence-electron chi connectivity index (χ4n) is 2.50. The number of methoxy groups -OCH3 is 1. The van der Waals surface area contributed by atoms with Gasteiger partial charge in [-0.1, -0.05) is 12.6 Å². The van der Waals surface area contributed by atoms with Crippen LogP contribution in [0.4, 0.5) is 10.6 Å². The van der Waals surface area contributed by atoms with Crippen molar-refractivity contribution in [2.45, 2.75) is 24.9 Å². The minimum atomic E-state index is -0.657. The Morgan fingerprint density at radius 2 is 2.36 bits per heavy atom. The summed E-state index contributed by atoms with van der Waals surface area (Å²) in [4.78, 5) is 23.1. The largest absolute Gasteiger partial charge is 0.455 e. The number of carbonyl (C=O) groups is 1. The van der Waals surface area contributed by atoms with Crippen LogP contribution in [-0.2, 0) is 14.2 Å². The molecule has 2 N–H and O–H groups in total. The summed E-state index contributed by atoms with van der Waals surface area (Å²) in [6.07, 6.45) is 2.60. The van der Waals surface area contributed by atoms with Crippen LogP contribution in [0, 0.1) is 0 Å². The van der Waals surface area contributed by atoms with Crippen LogP contribution < -0.4 is 5.73 Å². The number of fused-ring (bicyclic) bond motifs is 1. The Bertz CT molecular complexity index is 693. The highest BCUT2D eigenvalue weighted by atomic mass is 32.1. The summed E-state index contributed by atoms with van der Waals surface area (Å²) in [5.41, 5.74) is 6.87. The molecular formula is C12H15N5O4S. The average Bonchev–Trinajstić information content (AvgIpc) is 3.09. The third-order valence-corrected chi connectivity index (χ3v) is 3.68. The smallest absolute Gasteiger partial charge is 0.364 e. The predicted octanol–water partition coefficient (Wildman–Crippen LogP) is 0.777. The van der Waals surface area contributed by atoms with Crippen molar-refractivity contribution in [1.29, 1.82) is 0 Å². The van der Waals surface area contributed by atoms with E-state index in [4.69, 9.17) is 19.9 Å². The lowest BCUT2D eigenvalue weighted by atomic mass is 10.2. The zero-order chi connectivity index (χ0) is 15.7. The molecule has 3 rings (SSSR count). The Balaban J connectivity index is 1.82. The lowest BCUT2D eigenvalue weighted by molar-refractivity contribution is -0.0514. The standard InChI is InChI=1S/C12H15N5O4S/c1-19-6-2-8(21-7(6)3-20-12(18)22)17-5-16-9-10(13)14-4-15-11(9)17/h4-8H,2-3H2,1H3,(H,18,22)(H2,13,14,15)/t6-,7-,8-/m1/s1. The molecule has 3 atom stereocenters. The van der Waals surface area contributed by atoms with Gasteiger partial charge >= 0.3 is 5.30 Å². The van der Waals surface area contributed by atoms with Gasteiger partial charge in [0.05, 0.1) is 12.4 Å². The highest BCUT2D eigenvalue weighted by Crippen LogP contribution is 2.32. The molecule has 1 saturated heterocycles. The number of imidazole rings is 1. The average molecular weight is 325 g/mol. The SMILES string of the molecule is CO[C@@H]1C[C@H](n2cnc3c(N)ncnc32)O[C@@H]1COC(=O)S. The van der Waals surface area contributed by atoms with Gasteiger partial charge in [0.2, 0.25) is 0 Å². The number of nitrogen functional groups attached to an aromatic ring is 1. The molecule has 1 aliphatic heterocycles. The molecule has 0 saturated carbocycles. The number of hydrogen-bond acceptors (Lipinski definition) is 8. The number of rotatable bonds is 4. The monoisotopic (exact) mass is 325 g/mol. The van der Waals surface area contributed by atoms with Crippen molar-refractivity contribution in [2.24, 2.45) is 0 Å². The summed E-state index contributed by atoms with van der Waals surface area (Å²) in [6, 6.07) is 0. The summed E-state index contributed by atoms with van der Waals surface area (Å²) in [7, 11) is 1.58. The highest BCUT2D eigenvalue weighted by Gasteiger charge is 2.37. The van der Waals surface area contributed by atoms with Crippen molar-refractivity contribution >= 4 is 34.9 Å². The van der Waals surface area contributed by atoms with Gasteiger partial charge in [0.25, 0.3) is 0 Å². The maximum absolute atomic E-state index is 10.8. The first kappa shape index (κ1) is 15.0. The van der Waals surface area contributed by atoms with E-state index in [9.17, 15) is 4.79 Å². The van der Waals surface area contributed by atoms with E-state index in [1.54, 1.807) is 18.0 Å². The lowest BCUT2D eigenvalue weighted by Crippen LogP contribution is -2.28. The van der Waals surface area contributed by atoms with Crippen LogP contribution in [0.1, 0.15) is 12.6 Å². The van der Waals surface area contributed by atoms with Crippen LogP contribution in [0.25, 0.3) is 11.2 Å². The molecule has 0 aliphatic carbocycles. The van der Waals surface area contributed by atoms with Crippen molar-refractivity contribution in [1.82, 2.24) is 19.5 Å². The molecule has 2 aromatic rings. The summed E-state index contributed by atoms with van der Waals surface area (Å²) < 4.78 is 17.9. The third-order valence-electron chi connectivity index (χ3n) is 3.55. The van der Waals surface area contributed by atoms with Crippen LogP contribution >= 0.6 is 12.6 Å². The first-order chi connectivity index (χ1) is 10.6. The van der Waals surface area contributed by atoms with Crippen molar-refractivity contribution < 1.29 is 19.0 Å². The van der Waals surface area contributed by atoms with Crippen molar-refractivity contribution in [3.8, 4) is 0 Å². The zero-order valence-electron chi connectivity index (χ0n) is 11.7. The number of nitrogens with two attached hydrogens (primary N) is 1. The molecule has 0 bridgehead atoms. The minimum Gasteiger partial charge on any atom is -0.455 e. The summed E-state index contributed by atoms with van der Waals surface area (Å²) >= 11 is 3.57. The van der Waals surface area contributed by atoms with E-state index in [0.717, 1.165) is 0 Å². The van der Waals surface area contributed by atoms with Crippen LogP contribution in [0.15, 0.2) is 12.7 Å². The Labute approximate surface area is 131 Å². The van der Waals surface area contributed by atoms with E-state index < -0.39 is 5.30 Å². The van der Waals surface area contributed by atoms with Crippen molar-refractivity contribution in [3.63, 3.8) is 0 Å². The molecule has 0 spiro atoms. The normalized spacial score (nSPS) is 24.7. The van der Waals surface area contributed by atoms with E-state index in [2.05, 4.69) is 27.6 Å². The molecule has 118 valence electrons. The number of thiol groups is 1. The van der Waals surface area contributed by atoms with E-state index >= 15 is 0 Å². The molecule has 22 heavy (non-hydrogen) atoms. The van der Waals surface area contributed by atoms with Gasteiger partial charge in [-0.05, 0) is 0 Å². The Morgan fingerprint density at radius 3 is 3.09 bits per heavy atom. The van der Waals surface area contributed by atoms with Gasteiger partial charge in [-0.3, -0.25) is 4.57 Å². The molecule has 0 amide bonds. The highest BCUT2D eigenvalue weighted by molar-refractivity contribution is 7.96. The first-order valence-electron chi connectivity index (χ1n) is 6.57. The van der Waals surface area contributed by atoms with Crippen LogP contribution in [0.2, 0.25) is 0 Å². The minimum absolute atomic E-state index is 0.0705. The number of anilines is 1. The molecule has 0 unspecified atom stereocenters. The van der Waals surface area contributed by atoms with E-state index in [-0.39, 0.29) is 25.0 Å². The second-order valence-corrected chi connectivity index (χ2v) is 5.16. The summed E-state index contributed by atoms with van der Waals surface area (Å²) in [6.45, 7) is 0.0705. The third kappa shape index (κ3) is 2.72. The van der Waals surface area contributed by atoms with Crippen LogP contribution in [0.3, 0.4) is 0 Å².